The van der Waals surface area contributed by atoms with Gasteiger partial charge < -0.3 is 16.2 Å². The average molecular weight is 243 g/mol. The molecule has 0 aromatic heterocycles. The molecule has 16 heavy (non-hydrogen) atoms. The highest BCUT2D eigenvalue weighted by molar-refractivity contribution is 6.33. The number of halogens is 1. The maximum absolute atomic E-state index is 11.7. The SMILES string of the molecule is CCC(N)CNC(=O)c1cc(O)ccc1Cl. The Kier molecular flexibility index (Phi) is 4.58. The van der Waals surface area contributed by atoms with Crippen molar-refractivity contribution in [1.82, 2.24) is 5.32 Å². The van der Waals surface area contributed by atoms with E-state index in [-0.39, 0.29) is 23.3 Å². The van der Waals surface area contributed by atoms with Gasteiger partial charge in [0.2, 0.25) is 0 Å². The molecule has 0 saturated carbocycles. The van der Waals surface area contributed by atoms with Gasteiger partial charge in [-0.25, -0.2) is 0 Å². The largest absolute Gasteiger partial charge is 0.508 e. The molecule has 88 valence electrons. The smallest absolute Gasteiger partial charge is 0.252 e. The van der Waals surface area contributed by atoms with Crippen molar-refractivity contribution in [3.8, 4) is 5.75 Å². The van der Waals surface area contributed by atoms with Gasteiger partial charge in [-0.3, -0.25) is 4.79 Å². The minimum Gasteiger partial charge on any atom is -0.508 e. The summed E-state index contributed by atoms with van der Waals surface area (Å²) in [7, 11) is 0. The summed E-state index contributed by atoms with van der Waals surface area (Å²) in [5, 5.41) is 12.2. The van der Waals surface area contributed by atoms with Crippen LogP contribution in [0.3, 0.4) is 0 Å². The molecule has 0 aliphatic rings. The number of rotatable bonds is 4. The summed E-state index contributed by atoms with van der Waals surface area (Å²) >= 11 is 5.84. The van der Waals surface area contributed by atoms with Crippen molar-refractivity contribution in [2.45, 2.75) is 19.4 Å². The van der Waals surface area contributed by atoms with Crippen molar-refractivity contribution < 1.29 is 9.90 Å². The summed E-state index contributed by atoms with van der Waals surface area (Å²) in [5.41, 5.74) is 5.92. The molecule has 0 aliphatic heterocycles. The predicted molar refractivity (Wildman–Crippen MR) is 63.7 cm³/mol. The first-order valence-corrected chi connectivity index (χ1v) is 5.44. The standard InChI is InChI=1S/C11H15ClN2O2/c1-2-7(13)6-14-11(16)9-5-8(15)3-4-10(9)12/h3-5,7,15H,2,6,13H2,1H3,(H,14,16). The normalized spacial score (nSPS) is 12.2. The predicted octanol–water partition coefficient (Wildman–Crippen LogP) is 1.51. The van der Waals surface area contributed by atoms with Gasteiger partial charge in [0, 0.05) is 12.6 Å². The van der Waals surface area contributed by atoms with E-state index in [1.54, 1.807) is 0 Å². The Morgan fingerprint density at radius 1 is 1.62 bits per heavy atom. The highest BCUT2D eigenvalue weighted by atomic mass is 35.5. The summed E-state index contributed by atoms with van der Waals surface area (Å²) in [4.78, 5) is 11.7. The van der Waals surface area contributed by atoms with Crippen molar-refractivity contribution in [3.05, 3.63) is 28.8 Å². The fraction of sp³-hybridized carbons (Fsp3) is 0.364. The van der Waals surface area contributed by atoms with Crippen LogP contribution in [0.4, 0.5) is 0 Å². The number of nitrogens with one attached hydrogen (secondary N) is 1. The number of aromatic hydroxyl groups is 1. The second-order valence-corrected chi connectivity index (χ2v) is 3.95. The van der Waals surface area contributed by atoms with Crippen LogP contribution < -0.4 is 11.1 Å². The number of amides is 1. The molecule has 0 bridgehead atoms. The summed E-state index contributed by atoms with van der Waals surface area (Å²) in [6, 6.07) is 4.16. The molecule has 0 aliphatic carbocycles. The van der Waals surface area contributed by atoms with Crippen molar-refractivity contribution in [3.63, 3.8) is 0 Å². The third kappa shape index (κ3) is 3.40. The minimum atomic E-state index is -0.329. The van der Waals surface area contributed by atoms with E-state index in [2.05, 4.69) is 5.32 Å². The number of nitrogens with two attached hydrogens (primary N) is 1. The van der Waals surface area contributed by atoms with Crippen molar-refractivity contribution in [2.75, 3.05) is 6.54 Å². The van der Waals surface area contributed by atoms with Gasteiger partial charge in [0.25, 0.3) is 5.91 Å². The van der Waals surface area contributed by atoms with E-state index in [1.807, 2.05) is 6.92 Å². The molecule has 1 unspecified atom stereocenters. The first kappa shape index (κ1) is 12.8. The van der Waals surface area contributed by atoms with E-state index >= 15 is 0 Å². The molecule has 1 rings (SSSR count). The molecular weight excluding hydrogens is 228 g/mol. The molecule has 4 N–H and O–H groups in total. The van der Waals surface area contributed by atoms with Gasteiger partial charge in [-0.05, 0) is 24.6 Å². The number of hydrogen-bond acceptors (Lipinski definition) is 3. The first-order chi connectivity index (χ1) is 7.54. The zero-order valence-electron chi connectivity index (χ0n) is 9.03. The Balaban J connectivity index is 2.69. The number of carbonyl (C=O) groups is 1. The molecule has 0 heterocycles. The molecule has 1 amide bonds. The van der Waals surface area contributed by atoms with Crippen LogP contribution in [0.1, 0.15) is 23.7 Å². The molecule has 0 saturated heterocycles. The van der Waals surface area contributed by atoms with Gasteiger partial charge in [0.15, 0.2) is 0 Å². The lowest BCUT2D eigenvalue weighted by Crippen LogP contribution is -2.36. The number of benzene rings is 1. The lowest BCUT2D eigenvalue weighted by atomic mass is 10.2. The van der Waals surface area contributed by atoms with Crippen molar-refractivity contribution >= 4 is 17.5 Å². The van der Waals surface area contributed by atoms with Crippen LogP contribution >= 0.6 is 11.6 Å². The lowest BCUT2D eigenvalue weighted by Gasteiger charge is -2.11. The van der Waals surface area contributed by atoms with Crippen molar-refractivity contribution in [2.24, 2.45) is 5.73 Å². The fourth-order valence-corrected chi connectivity index (χ4v) is 1.35. The zero-order chi connectivity index (χ0) is 12.1. The number of hydrogen-bond donors (Lipinski definition) is 3. The van der Waals surface area contributed by atoms with Gasteiger partial charge in [-0.1, -0.05) is 18.5 Å². The van der Waals surface area contributed by atoms with E-state index < -0.39 is 0 Å². The Labute approximate surface area is 99.4 Å². The number of carbonyl (C=O) groups excluding carboxylic acids is 1. The Morgan fingerprint density at radius 3 is 2.94 bits per heavy atom. The van der Waals surface area contributed by atoms with E-state index in [9.17, 15) is 9.90 Å². The number of phenolic OH excluding ortho intramolecular Hbond substituents is 1. The third-order valence-electron chi connectivity index (χ3n) is 2.24. The summed E-state index contributed by atoms with van der Waals surface area (Å²) < 4.78 is 0. The maximum atomic E-state index is 11.7. The Bertz CT molecular complexity index is 382. The first-order valence-electron chi connectivity index (χ1n) is 5.07. The zero-order valence-corrected chi connectivity index (χ0v) is 9.79. The topological polar surface area (TPSA) is 75.3 Å². The van der Waals surface area contributed by atoms with Gasteiger partial charge >= 0.3 is 0 Å². The molecule has 4 nitrogen and oxygen atoms in total. The molecule has 0 fully saturated rings. The highest BCUT2D eigenvalue weighted by Gasteiger charge is 2.11. The minimum absolute atomic E-state index is 0.00865. The molecule has 0 radical (unpaired) electrons. The van der Waals surface area contributed by atoms with Gasteiger partial charge in [0.1, 0.15) is 5.75 Å². The fourth-order valence-electron chi connectivity index (χ4n) is 1.15. The number of phenols is 1. The summed E-state index contributed by atoms with van der Waals surface area (Å²) in [5.74, 6) is -0.320. The maximum Gasteiger partial charge on any atom is 0.252 e. The van der Waals surface area contributed by atoms with Crippen LogP contribution in [-0.2, 0) is 0 Å². The monoisotopic (exact) mass is 242 g/mol. The summed E-state index contributed by atoms with van der Waals surface area (Å²) in [6.45, 7) is 2.33. The van der Waals surface area contributed by atoms with Gasteiger partial charge in [0.05, 0.1) is 10.6 Å². The van der Waals surface area contributed by atoms with E-state index in [4.69, 9.17) is 17.3 Å². The third-order valence-corrected chi connectivity index (χ3v) is 2.57. The Morgan fingerprint density at radius 2 is 2.31 bits per heavy atom. The van der Waals surface area contributed by atoms with Gasteiger partial charge in [-0.2, -0.15) is 0 Å². The van der Waals surface area contributed by atoms with Crippen LogP contribution in [-0.4, -0.2) is 23.6 Å². The highest BCUT2D eigenvalue weighted by Crippen LogP contribution is 2.20. The van der Waals surface area contributed by atoms with Crippen LogP contribution in [0.15, 0.2) is 18.2 Å². The molecule has 1 atom stereocenters. The van der Waals surface area contributed by atoms with Crippen molar-refractivity contribution in [1.29, 1.82) is 0 Å². The second-order valence-electron chi connectivity index (χ2n) is 3.54. The second kappa shape index (κ2) is 5.72. The molecule has 0 spiro atoms. The summed E-state index contributed by atoms with van der Waals surface area (Å²) in [6.07, 6.45) is 0.786. The Hall–Kier alpha value is -1.26. The van der Waals surface area contributed by atoms with Crippen LogP contribution in [0.2, 0.25) is 5.02 Å². The molecular formula is C11H15ClN2O2. The molecule has 5 heteroatoms. The quantitative estimate of drug-likeness (QED) is 0.749. The van der Waals surface area contributed by atoms with Gasteiger partial charge in [-0.15, -0.1) is 0 Å². The average Bonchev–Trinajstić information content (AvgIpc) is 2.28. The van der Waals surface area contributed by atoms with Crippen LogP contribution in [0.5, 0.6) is 5.75 Å². The van der Waals surface area contributed by atoms with E-state index in [0.29, 0.717) is 11.6 Å². The lowest BCUT2D eigenvalue weighted by molar-refractivity contribution is 0.0950. The van der Waals surface area contributed by atoms with Crippen LogP contribution in [0, 0.1) is 0 Å². The van der Waals surface area contributed by atoms with Crippen LogP contribution in [0.25, 0.3) is 0 Å². The van der Waals surface area contributed by atoms with E-state index in [0.717, 1.165) is 6.42 Å². The van der Waals surface area contributed by atoms with E-state index in [1.165, 1.54) is 18.2 Å². The molecule has 1 aromatic carbocycles. The molecule has 1 aromatic rings.